The minimum absolute atomic E-state index is 0.0569. The lowest BCUT2D eigenvalue weighted by Crippen LogP contribution is -2.53. The van der Waals surface area contributed by atoms with E-state index in [4.69, 9.17) is 4.74 Å². The number of methoxy groups -OCH3 is 1. The molecule has 8 nitrogen and oxygen atoms in total. The molecule has 1 aromatic carbocycles. The van der Waals surface area contributed by atoms with Crippen LogP contribution in [0.1, 0.15) is 5.69 Å². The van der Waals surface area contributed by atoms with Gasteiger partial charge in [-0.15, -0.1) is 0 Å². The van der Waals surface area contributed by atoms with Crippen molar-refractivity contribution in [2.75, 3.05) is 63.6 Å². The third kappa shape index (κ3) is 6.12. The number of anilines is 2. The molecule has 168 valence electrons. The molecule has 1 saturated heterocycles. The summed E-state index contributed by atoms with van der Waals surface area (Å²) < 4.78 is 43.5. The summed E-state index contributed by atoms with van der Waals surface area (Å²) in [4.78, 5) is 16.1. The lowest BCUT2D eigenvalue weighted by molar-refractivity contribution is -0.141. The van der Waals surface area contributed by atoms with Gasteiger partial charge >= 0.3 is 6.18 Å². The van der Waals surface area contributed by atoms with Crippen LogP contribution in [0.5, 0.6) is 5.75 Å². The van der Waals surface area contributed by atoms with Crippen LogP contribution in [0.3, 0.4) is 0 Å². The summed E-state index contributed by atoms with van der Waals surface area (Å²) in [5, 5.41) is 6.02. The average Bonchev–Trinajstić information content (AvgIpc) is 2.79. The summed E-state index contributed by atoms with van der Waals surface area (Å²) in [6.45, 7) is 4.07. The Morgan fingerprint density at radius 2 is 1.94 bits per heavy atom. The smallest absolute Gasteiger partial charge is 0.433 e. The molecule has 2 heterocycles. The lowest BCUT2D eigenvalue weighted by atomic mass is 10.2. The van der Waals surface area contributed by atoms with E-state index in [9.17, 15) is 13.2 Å². The fourth-order valence-electron chi connectivity index (χ4n) is 3.27. The number of ether oxygens (including phenoxy) is 1. The van der Waals surface area contributed by atoms with Crippen LogP contribution >= 0.6 is 0 Å². The van der Waals surface area contributed by atoms with Crippen molar-refractivity contribution in [3.63, 3.8) is 0 Å². The second kappa shape index (κ2) is 10.2. The summed E-state index contributed by atoms with van der Waals surface area (Å²) in [6, 6.07) is 8.82. The van der Waals surface area contributed by atoms with Crippen LogP contribution < -0.4 is 20.3 Å². The minimum Gasteiger partial charge on any atom is -0.497 e. The van der Waals surface area contributed by atoms with Gasteiger partial charge in [-0.25, -0.2) is 9.97 Å². The van der Waals surface area contributed by atoms with E-state index in [0.29, 0.717) is 13.1 Å². The molecule has 2 N–H and O–H groups in total. The number of alkyl halides is 3. The molecular formula is C20H26F3N7O. The van der Waals surface area contributed by atoms with Crippen LogP contribution in [-0.2, 0) is 6.18 Å². The number of piperazine rings is 1. The molecule has 1 aromatic heterocycles. The Morgan fingerprint density at radius 3 is 2.61 bits per heavy atom. The van der Waals surface area contributed by atoms with Gasteiger partial charge in [-0.3, -0.25) is 4.99 Å². The van der Waals surface area contributed by atoms with E-state index >= 15 is 0 Å². The highest BCUT2D eigenvalue weighted by atomic mass is 19.4. The normalized spacial score (nSPS) is 15.1. The number of aliphatic imine (C=N–C) groups is 1. The molecule has 1 aliphatic heterocycles. The number of aromatic nitrogens is 2. The maximum absolute atomic E-state index is 12.7. The van der Waals surface area contributed by atoms with E-state index in [1.165, 1.54) is 0 Å². The molecule has 3 rings (SSSR count). The average molecular weight is 437 g/mol. The zero-order valence-electron chi connectivity index (χ0n) is 17.5. The minimum atomic E-state index is -4.49. The second-order valence-corrected chi connectivity index (χ2v) is 6.84. The maximum atomic E-state index is 12.7. The molecular weight excluding hydrogens is 411 g/mol. The predicted octanol–water partition coefficient (Wildman–Crippen LogP) is 2.31. The molecule has 0 spiro atoms. The van der Waals surface area contributed by atoms with Crippen molar-refractivity contribution < 1.29 is 17.9 Å². The zero-order chi connectivity index (χ0) is 22.3. The van der Waals surface area contributed by atoms with Gasteiger partial charge in [-0.1, -0.05) is 6.07 Å². The van der Waals surface area contributed by atoms with Gasteiger partial charge in [0.05, 0.1) is 7.11 Å². The Hall–Kier alpha value is -3.24. The molecule has 0 bridgehead atoms. The number of hydrogen-bond donors (Lipinski definition) is 2. The van der Waals surface area contributed by atoms with E-state index in [0.717, 1.165) is 55.8 Å². The maximum Gasteiger partial charge on any atom is 0.433 e. The summed E-state index contributed by atoms with van der Waals surface area (Å²) in [5.41, 5.74) is 0.148. The van der Waals surface area contributed by atoms with E-state index < -0.39 is 11.9 Å². The van der Waals surface area contributed by atoms with Crippen LogP contribution in [0.25, 0.3) is 0 Å². The molecule has 2 aromatic rings. The SMILES string of the molecule is CN=C(NCCNc1nccc(C(F)(F)F)n1)N1CCN(c2cccc(OC)c2)CC1. The molecule has 0 amide bonds. The van der Waals surface area contributed by atoms with Gasteiger partial charge in [-0.05, 0) is 18.2 Å². The van der Waals surface area contributed by atoms with Crippen molar-refractivity contribution in [2.24, 2.45) is 4.99 Å². The number of nitrogens with zero attached hydrogens (tertiary/aromatic N) is 5. The van der Waals surface area contributed by atoms with Crippen LogP contribution in [-0.4, -0.2) is 74.3 Å². The van der Waals surface area contributed by atoms with Gasteiger partial charge < -0.3 is 25.2 Å². The van der Waals surface area contributed by atoms with Crippen molar-refractivity contribution >= 4 is 17.6 Å². The first-order valence-electron chi connectivity index (χ1n) is 9.89. The monoisotopic (exact) mass is 437 g/mol. The highest BCUT2D eigenvalue weighted by molar-refractivity contribution is 5.80. The standard InChI is InChI=1S/C20H26F3N7O/c1-24-19(27-9-8-26-18-25-7-6-17(28-18)20(21,22)23)30-12-10-29(11-13-30)15-4-3-5-16(14-15)31-2/h3-7,14H,8-13H2,1-2H3,(H,24,27)(H,25,26,28). The fourth-order valence-corrected chi connectivity index (χ4v) is 3.27. The topological polar surface area (TPSA) is 77.9 Å². The molecule has 31 heavy (non-hydrogen) atoms. The van der Waals surface area contributed by atoms with Gasteiger partial charge in [0, 0.05) is 64.3 Å². The number of hydrogen-bond acceptors (Lipinski definition) is 6. The van der Waals surface area contributed by atoms with Gasteiger partial charge in [0.1, 0.15) is 11.4 Å². The van der Waals surface area contributed by atoms with Crippen LogP contribution in [0.4, 0.5) is 24.8 Å². The van der Waals surface area contributed by atoms with Crippen molar-refractivity contribution in [3.05, 3.63) is 42.2 Å². The largest absolute Gasteiger partial charge is 0.497 e. The quantitative estimate of drug-likeness (QED) is 0.408. The zero-order valence-corrected chi connectivity index (χ0v) is 17.5. The third-order valence-electron chi connectivity index (χ3n) is 4.85. The Balaban J connectivity index is 1.45. The summed E-state index contributed by atoms with van der Waals surface area (Å²) in [7, 11) is 3.36. The summed E-state index contributed by atoms with van der Waals surface area (Å²) >= 11 is 0. The van der Waals surface area contributed by atoms with E-state index in [1.807, 2.05) is 18.2 Å². The molecule has 0 atom stereocenters. The molecule has 0 saturated carbocycles. The molecule has 1 aliphatic rings. The van der Waals surface area contributed by atoms with Gasteiger partial charge in [-0.2, -0.15) is 13.2 Å². The lowest BCUT2D eigenvalue weighted by Gasteiger charge is -2.37. The first kappa shape index (κ1) is 22.4. The predicted molar refractivity (Wildman–Crippen MR) is 114 cm³/mol. The second-order valence-electron chi connectivity index (χ2n) is 6.84. The highest BCUT2D eigenvalue weighted by Gasteiger charge is 2.32. The Morgan fingerprint density at radius 1 is 1.16 bits per heavy atom. The van der Waals surface area contributed by atoms with Crippen molar-refractivity contribution in [3.8, 4) is 5.75 Å². The molecule has 0 radical (unpaired) electrons. The Kier molecular flexibility index (Phi) is 7.37. The summed E-state index contributed by atoms with van der Waals surface area (Å²) in [5.74, 6) is 1.52. The van der Waals surface area contributed by atoms with Crippen molar-refractivity contribution in [1.82, 2.24) is 20.2 Å². The first-order valence-corrected chi connectivity index (χ1v) is 9.89. The fraction of sp³-hybridized carbons (Fsp3) is 0.450. The molecule has 0 unspecified atom stereocenters. The van der Waals surface area contributed by atoms with E-state index in [1.54, 1.807) is 14.2 Å². The van der Waals surface area contributed by atoms with Crippen LogP contribution in [0.15, 0.2) is 41.5 Å². The number of benzene rings is 1. The van der Waals surface area contributed by atoms with E-state index in [-0.39, 0.29) is 5.95 Å². The first-order chi connectivity index (χ1) is 14.9. The van der Waals surface area contributed by atoms with Crippen LogP contribution in [0, 0.1) is 0 Å². The van der Waals surface area contributed by atoms with E-state index in [2.05, 4.69) is 41.5 Å². The number of rotatable bonds is 6. The third-order valence-corrected chi connectivity index (χ3v) is 4.85. The highest BCUT2D eigenvalue weighted by Crippen LogP contribution is 2.27. The number of halogens is 3. The van der Waals surface area contributed by atoms with Gasteiger partial charge in [0.25, 0.3) is 0 Å². The molecule has 11 heteroatoms. The van der Waals surface area contributed by atoms with Gasteiger partial charge in [0.2, 0.25) is 5.95 Å². The molecule has 0 aliphatic carbocycles. The number of guanidine groups is 1. The van der Waals surface area contributed by atoms with Gasteiger partial charge in [0.15, 0.2) is 5.96 Å². The number of nitrogens with one attached hydrogen (secondary N) is 2. The Labute approximate surface area is 179 Å². The van der Waals surface area contributed by atoms with Crippen molar-refractivity contribution in [2.45, 2.75) is 6.18 Å². The van der Waals surface area contributed by atoms with Crippen molar-refractivity contribution in [1.29, 1.82) is 0 Å². The Bertz CT molecular complexity index is 883. The molecule has 1 fully saturated rings. The van der Waals surface area contributed by atoms with Crippen LogP contribution in [0.2, 0.25) is 0 Å². The summed E-state index contributed by atoms with van der Waals surface area (Å²) in [6.07, 6.45) is -3.40.